The molecule has 0 radical (unpaired) electrons. The van der Waals surface area contributed by atoms with Crippen LogP contribution in [0.2, 0.25) is 0 Å². The average Bonchev–Trinajstić information content (AvgIpc) is 2.59. The number of nitrogens with zero attached hydrogens (tertiary/aromatic N) is 2. The molecule has 6 heteroatoms. The first kappa shape index (κ1) is 17.5. The van der Waals surface area contributed by atoms with Crippen LogP contribution in [0.25, 0.3) is 0 Å². The van der Waals surface area contributed by atoms with Gasteiger partial charge in [-0.15, -0.1) is 0 Å². The van der Waals surface area contributed by atoms with E-state index in [4.69, 9.17) is 9.84 Å². The molecule has 6 nitrogen and oxygen atoms in total. The summed E-state index contributed by atoms with van der Waals surface area (Å²) in [6.07, 6.45) is 3.55. The SMILES string of the molecule is CC(C(=O)O)N(C)C(=O)Cc1cccc(OCc2cccnc2)c1. The van der Waals surface area contributed by atoms with Gasteiger partial charge in [-0.2, -0.15) is 0 Å². The van der Waals surface area contributed by atoms with E-state index in [9.17, 15) is 9.59 Å². The molecule has 0 fully saturated rings. The molecule has 0 aliphatic carbocycles. The van der Waals surface area contributed by atoms with Gasteiger partial charge in [0.15, 0.2) is 0 Å². The van der Waals surface area contributed by atoms with E-state index in [-0.39, 0.29) is 12.3 Å². The molecule has 0 aliphatic heterocycles. The first-order valence-electron chi connectivity index (χ1n) is 7.56. The van der Waals surface area contributed by atoms with E-state index < -0.39 is 12.0 Å². The maximum atomic E-state index is 12.2. The van der Waals surface area contributed by atoms with Gasteiger partial charge in [-0.3, -0.25) is 9.78 Å². The van der Waals surface area contributed by atoms with E-state index >= 15 is 0 Å². The number of amides is 1. The Morgan fingerprint density at radius 3 is 2.67 bits per heavy atom. The van der Waals surface area contributed by atoms with Crippen LogP contribution in [0.3, 0.4) is 0 Å². The molecular weight excluding hydrogens is 308 g/mol. The smallest absolute Gasteiger partial charge is 0.326 e. The van der Waals surface area contributed by atoms with Gasteiger partial charge in [-0.05, 0) is 30.7 Å². The number of hydrogen-bond donors (Lipinski definition) is 1. The lowest BCUT2D eigenvalue weighted by atomic mass is 10.1. The molecule has 0 saturated heterocycles. The molecule has 0 aliphatic rings. The fourth-order valence-corrected chi connectivity index (χ4v) is 2.08. The molecule has 24 heavy (non-hydrogen) atoms. The monoisotopic (exact) mass is 328 g/mol. The summed E-state index contributed by atoms with van der Waals surface area (Å²) in [6.45, 7) is 1.87. The van der Waals surface area contributed by atoms with Crippen molar-refractivity contribution in [3.8, 4) is 5.75 Å². The van der Waals surface area contributed by atoms with Crippen LogP contribution in [0.5, 0.6) is 5.75 Å². The number of rotatable bonds is 7. The minimum atomic E-state index is -1.03. The van der Waals surface area contributed by atoms with Crippen molar-refractivity contribution in [2.45, 2.75) is 26.0 Å². The van der Waals surface area contributed by atoms with Crippen molar-refractivity contribution in [2.75, 3.05) is 7.05 Å². The van der Waals surface area contributed by atoms with Crippen molar-refractivity contribution in [1.82, 2.24) is 9.88 Å². The maximum Gasteiger partial charge on any atom is 0.326 e. The second-order valence-electron chi connectivity index (χ2n) is 5.49. The fourth-order valence-electron chi connectivity index (χ4n) is 2.08. The number of hydrogen-bond acceptors (Lipinski definition) is 4. The molecule has 0 spiro atoms. The van der Waals surface area contributed by atoms with Gasteiger partial charge >= 0.3 is 5.97 Å². The van der Waals surface area contributed by atoms with Gasteiger partial charge < -0.3 is 14.7 Å². The van der Waals surface area contributed by atoms with E-state index in [1.54, 1.807) is 18.5 Å². The molecule has 1 aromatic carbocycles. The predicted octanol–water partition coefficient (Wildman–Crippen LogP) is 2.13. The number of benzene rings is 1. The third kappa shape index (κ3) is 4.81. The minimum Gasteiger partial charge on any atom is -0.489 e. The second-order valence-corrected chi connectivity index (χ2v) is 5.49. The van der Waals surface area contributed by atoms with Crippen LogP contribution in [-0.4, -0.2) is 40.0 Å². The molecule has 1 heterocycles. The molecule has 1 unspecified atom stereocenters. The zero-order valence-electron chi connectivity index (χ0n) is 13.7. The summed E-state index contributed by atoms with van der Waals surface area (Å²) in [7, 11) is 1.49. The Hall–Kier alpha value is -2.89. The Kier molecular flexibility index (Phi) is 5.89. The molecule has 0 bridgehead atoms. The lowest BCUT2D eigenvalue weighted by Gasteiger charge is -2.21. The highest BCUT2D eigenvalue weighted by molar-refractivity contribution is 5.84. The van der Waals surface area contributed by atoms with Crippen molar-refractivity contribution >= 4 is 11.9 Å². The van der Waals surface area contributed by atoms with Crippen molar-refractivity contribution in [1.29, 1.82) is 0 Å². The van der Waals surface area contributed by atoms with Gasteiger partial charge in [0.25, 0.3) is 0 Å². The fraction of sp³-hybridized carbons (Fsp3) is 0.278. The summed E-state index contributed by atoms with van der Waals surface area (Å²) in [6, 6.07) is 10.1. The Morgan fingerprint density at radius 1 is 1.25 bits per heavy atom. The Balaban J connectivity index is 1.97. The minimum absolute atomic E-state index is 0.123. The number of carbonyl (C=O) groups excluding carboxylic acids is 1. The normalized spacial score (nSPS) is 11.6. The molecule has 2 aromatic rings. The van der Waals surface area contributed by atoms with Gasteiger partial charge in [-0.25, -0.2) is 4.79 Å². The molecule has 0 saturated carbocycles. The van der Waals surface area contributed by atoms with Crippen molar-refractivity contribution in [3.05, 3.63) is 59.9 Å². The van der Waals surface area contributed by atoms with Crippen molar-refractivity contribution < 1.29 is 19.4 Å². The molecule has 1 atom stereocenters. The number of pyridine rings is 1. The highest BCUT2D eigenvalue weighted by atomic mass is 16.5. The lowest BCUT2D eigenvalue weighted by molar-refractivity contribution is -0.148. The zero-order chi connectivity index (χ0) is 17.5. The average molecular weight is 328 g/mol. The van der Waals surface area contributed by atoms with E-state index in [1.165, 1.54) is 18.9 Å². The number of ether oxygens (including phenoxy) is 1. The largest absolute Gasteiger partial charge is 0.489 e. The Morgan fingerprint density at radius 2 is 2.00 bits per heavy atom. The van der Waals surface area contributed by atoms with E-state index in [0.29, 0.717) is 12.4 Å². The topological polar surface area (TPSA) is 79.7 Å². The quantitative estimate of drug-likeness (QED) is 0.842. The maximum absolute atomic E-state index is 12.2. The third-order valence-corrected chi connectivity index (χ3v) is 3.71. The van der Waals surface area contributed by atoms with Crippen LogP contribution in [0.1, 0.15) is 18.1 Å². The van der Waals surface area contributed by atoms with Crippen LogP contribution < -0.4 is 4.74 Å². The lowest BCUT2D eigenvalue weighted by Crippen LogP contribution is -2.41. The van der Waals surface area contributed by atoms with Crippen molar-refractivity contribution in [2.24, 2.45) is 0 Å². The first-order chi connectivity index (χ1) is 11.5. The summed E-state index contributed by atoms with van der Waals surface area (Å²) < 4.78 is 5.70. The number of carbonyl (C=O) groups is 2. The predicted molar refractivity (Wildman–Crippen MR) is 88.6 cm³/mol. The number of aromatic nitrogens is 1. The molecule has 1 N–H and O–H groups in total. The van der Waals surface area contributed by atoms with E-state index in [0.717, 1.165) is 11.1 Å². The summed E-state index contributed by atoms with van der Waals surface area (Å²) >= 11 is 0. The van der Waals surface area contributed by atoms with E-state index in [2.05, 4.69) is 4.98 Å². The number of carboxylic acid groups (broad SMARTS) is 1. The summed E-state index contributed by atoms with van der Waals surface area (Å²) in [5.74, 6) is -0.633. The second kappa shape index (κ2) is 8.10. The van der Waals surface area contributed by atoms with Gasteiger partial charge in [0.1, 0.15) is 18.4 Å². The number of carboxylic acids is 1. The molecule has 2 rings (SSSR count). The summed E-state index contributed by atoms with van der Waals surface area (Å²) in [4.78, 5) is 28.4. The van der Waals surface area contributed by atoms with Crippen LogP contribution in [-0.2, 0) is 22.6 Å². The number of aliphatic carboxylic acids is 1. The highest BCUT2D eigenvalue weighted by Crippen LogP contribution is 2.16. The van der Waals surface area contributed by atoms with Crippen LogP contribution >= 0.6 is 0 Å². The van der Waals surface area contributed by atoms with Crippen LogP contribution in [0.15, 0.2) is 48.8 Å². The Labute approximate surface area is 140 Å². The number of likely N-dealkylation sites (N-methyl/N-ethyl adjacent to an activating group) is 1. The molecule has 126 valence electrons. The van der Waals surface area contributed by atoms with E-state index in [1.807, 2.05) is 30.3 Å². The van der Waals surface area contributed by atoms with Crippen LogP contribution in [0, 0.1) is 0 Å². The third-order valence-electron chi connectivity index (χ3n) is 3.71. The standard InChI is InChI=1S/C18H20N2O4/c1-13(18(22)23)20(2)17(21)10-14-5-3-7-16(9-14)24-12-15-6-4-8-19-11-15/h3-9,11,13H,10,12H2,1-2H3,(H,22,23). The molecule has 1 aromatic heterocycles. The summed E-state index contributed by atoms with van der Waals surface area (Å²) in [5.41, 5.74) is 1.72. The van der Waals surface area contributed by atoms with Crippen LogP contribution in [0.4, 0.5) is 0 Å². The van der Waals surface area contributed by atoms with Gasteiger partial charge in [0.05, 0.1) is 6.42 Å². The first-order valence-corrected chi connectivity index (χ1v) is 7.56. The van der Waals surface area contributed by atoms with Gasteiger partial charge in [-0.1, -0.05) is 18.2 Å². The Bertz CT molecular complexity index is 703. The zero-order valence-corrected chi connectivity index (χ0v) is 13.7. The summed E-state index contributed by atoms with van der Waals surface area (Å²) in [5, 5.41) is 8.97. The highest BCUT2D eigenvalue weighted by Gasteiger charge is 2.21. The van der Waals surface area contributed by atoms with Gasteiger partial charge in [0, 0.05) is 25.0 Å². The molecular formula is C18H20N2O4. The van der Waals surface area contributed by atoms with Gasteiger partial charge in [0.2, 0.25) is 5.91 Å². The molecule has 1 amide bonds. The van der Waals surface area contributed by atoms with Crippen molar-refractivity contribution in [3.63, 3.8) is 0 Å².